The first kappa shape index (κ1) is 27.7. The van der Waals surface area contributed by atoms with Crippen LogP contribution in [0, 0.1) is 12.7 Å². The molecule has 0 radical (unpaired) electrons. The van der Waals surface area contributed by atoms with E-state index in [2.05, 4.69) is 30.3 Å². The first-order valence-corrected chi connectivity index (χ1v) is 14.5. The molecular weight excluding hydrogens is 565 g/mol. The highest BCUT2D eigenvalue weighted by atomic mass is 19.1. The SMILES string of the molecule is Cc1c(Oc2ccn3ncnc3c2)ccc(Nc2ncnc3ccc(N4CCN(C(=O)OC(C)(C)C)C5(CC5)C4)nc23)c1F. The van der Waals surface area contributed by atoms with E-state index < -0.39 is 11.4 Å². The summed E-state index contributed by atoms with van der Waals surface area (Å²) in [6.45, 7) is 9.09. The van der Waals surface area contributed by atoms with E-state index in [0.717, 1.165) is 18.7 Å². The van der Waals surface area contributed by atoms with Crippen molar-refractivity contribution in [2.75, 3.05) is 29.9 Å². The maximum atomic E-state index is 15.6. The molecule has 0 unspecified atom stereocenters. The van der Waals surface area contributed by atoms with Crippen LogP contribution in [0.1, 0.15) is 39.2 Å². The van der Waals surface area contributed by atoms with Gasteiger partial charge in [-0.2, -0.15) is 5.10 Å². The fourth-order valence-electron chi connectivity index (χ4n) is 5.53. The van der Waals surface area contributed by atoms with E-state index in [9.17, 15) is 4.79 Å². The molecule has 1 aliphatic heterocycles. The van der Waals surface area contributed by atoms with Crippen molar-refractivity contribution in [2.24, 2.45) is 0 Å². The number of pyridine rings is 2. The predicted molar refractivity (Wildman–Crippen MR) is 162 cm³/mol. The number of carbonyl (C=O) groups is 1. The summed E-state index contributed by atoms with van der Waals surface area (Å²) in [5, 5.41) is 7.19. The van der Waals surface area contributed by atoms with Gasteiger partial charge < -0.3 is 19.7 Å². The van der Waals surface area contributed by atoms with Crippen LogP contribution in [0.25, 0.3) is 16.7 Å². The zero-order valence-corrected chi connectivity index (χ0v) is 24.9. The van der Waals surface area contributed by atoms with Crippen molar-refractivity contribution in [3.8, 4) is 11.5 Å². The average Bonchev–Trinajstić information content (AvgIpc) is 3.58. The smallest absolute Gasteiger partial charge is 0.410 e. The molecule has 2 aliphatic rings. The van der Waals surface area contributed by atoms with Crippen LogP contribution in [0.3, 0.4) is 0 Å². The van der Waals surface area contributed by atoms with Gasteiger partial charge in [-0.15, -0.1) is 0 Å². The number of fused-ring (bicyclic) bond motifs is 2. The largest absolute Gasteiger partial charge is 0.457 e. The quantitative estimate of drug-likeness (QED) is 0.272. The van der Waals surface area contributed by atoms with Gasteiger partial charge in [-0.3, -0.25) is 4.90 Å². The summed E-state index contributed by atoms with van der Waals surface area (Å²) in [6.07, 6.45) is 6.17. The Morgan fingerprint density at radius 2 is 1.89 bits per heavy atom. The van der Waals surface area contributed by atoms with E-state index in [-0.39, 0.29) is 17.3 Å². The number of rotatable bonds is 5. The van der Waals surface area contributed by atoms with Gasteiger partial charge in [0.2, 0.25) is 0 Å². The van der Waals surface area contributed by atoms with E-state index in [1.165, 1.54) is 12.7 Å². The number of piperazine rings is 1. The first-order chi connectivity index (χ1) is 21.1. The lowest BCUT2D eigenvalue weighted by Gasteiger charge is -2.42. The van der Waals surface area contributed by atoms with E-state index in [1.807, 2.05) is 37.8 Å². The van der Waals surface area contributed by atoms with E-state index >= 15 is 4.39 Å². The highest BCUT2D eigenvalue weighted by Gasteiger charge is 2.54. The molecule has 44 heavy (non-hydrogen) atoms. The summed E-state index contributed by atoms with van der Waals surface area (Å²) >= 11 is 0. The number of nitrogens with zero attached hydrogens (tertiary/aromatic N) is 8. The molecule has 1 saturated heterocycles. The van der Waals surface area contributed by atoms with Crippen molar-refractivity contribution in [1.29, 1.82) is 0 Å². The van der Waals surface area contributed by atoms with Crippen molar-refractivity contribution in [2.45, 2.75) is 51.7 Å². The minimum absolute atomic E-state index is 0.234. The highest BCUT2D eigenvalue weighted by molar-refractivity contribution is 5.88. The zero-order valence-electron chi connectivity index (χ0n) is 24.9. The lowest BCUT2D eigenvalue weighted by Crippen LogP contribution is -2.58. The Morgan fingerprint density at radius 3 is 2.68 bits per heavy atom. The number of aromatic nitrogens is 6. The Labute approximate surface area is 252 Å². The molecule has 1 spiro atoms. The number of halogens is 1. The summed E-state index contributed by atoms with van der Waals surface area (Å²) < 4.78 is 28.9. The van der Waals surface area contributed by atoms with Gasteiger partial charge in [0, 0.05) is 37.5 Å². The average molecular weight is 598 g/mol. The lowest BCUT2D eigenvalue weighted by molar-refractivity contribution is 0.0106. The van der Waals surface area contributed by atoms with Crippen LogP contribution in [0.5, 0.6) is 11.5 Å². The molecule has 2 fully saturated rings. The number of hydrogen-bond acceptors (Lipinski definition) is 10. The molecule has 226 valence electrons. The monoisotopic (exact) mass is 597 g/mol. The molecule has 1 aromatic carbocycles. The lowest BCUT2D eigenvalue weighted by atomic mass is 10.1. The molecule has 13 heteroatoms. The van der Waals surface area contributed by atoms with E-state index in [0.29, 0.717) is 59.2 Å². The fraction of sp³-hybridized carbons (Fsp3) is 0.355. The Hall–Kier alpha value is -5.07. The number of amides is 1. The van der Waals surface area contributed by atoms with Crippen LogP contribution in [0.4, 0.5) is 26.5 Å². The van der Waals surface area contributed by atoms with Gasteiger partial charge >= 0.3 is 6.09 Å². The maximum Gasteiger partial charge on any atom is 0.410 e. The van der Waals surface area contributed by atoms with Crippen LogP contribution in [0.2, 0.25) is 0 Å². The maximum absolute atomic E-state index is 15.6. The van der Waals surface area contributed by atoms with Crippen molar-refractivity contribution < 1.29 is 18.7 Å². The van der Waals surface area contributed by atoms with E-state index in [1.54, 1.807) is 41.9 Å². The minimum Gasteiger partial charge on any atom is -0.457 e. The molecule has 1 saturated carbocycles. The van der Waals surface area contributed by atoms with Crippen molar-refractivity contribution in [3.63, 3.8) is 0 Å². The molecule has 5 aromatic rings. The summed E-state index contributed by atoms with van der Waals surface area (Å²) in [5.74, 6) is 1.56. The third kappa shape index (κ3) is 5.18. The second-order valence-corrected chi connectivity index (χ2v) is 12.2. The highest BCUT2D eigenvalue weighted by Crippen LogP contribution is 2.45. The summed E-state index contributed by atoms with van der Waals surface area (Å²) in [4.78, 5) is 34.8. The van der Waals surface area contributed by atoms with Gasteiger partial charge in [0.15, 0.2) is 17.3 Å². The molecule has 1 amide bonds. The third-order valence-corrected chi connectivity index (χ3v) is 7.95. The second kappa shape index (κ2) is 10.3. The standard InChI is InChI=1S/C31H32FN9O3/c1-19-23(43-20-9-12-41-25(15-20)34-18-36-41)7-5-21(26(19)32)37-28-27-22(33-17-35-28)6-8-24(38-27)39-13-14-40(31(16-39)10-11-31)29(42)44-30(2,3)4/h5-9,12,15,17-18H,10-11,13-14,16H2,1-4H3,(H,33,35,37). The molecule has 4 aromatic heterocycles. The normalized spacial score (nSPS) is 16.0. The van der Waals surface area contributed by atoms with Gasteiger partial charge in [-0.05, 0) is 70.9 Å². The Bertz CT molecular complexity index is 1900. The van der Waals surface area contributed by atoms with Crippen LogP contribution < -0.4 is 15.0 Å². The molecular formula is C31H32FN9O3. The number of ether oxygens (including phenoxy) is 2. The predicted octanol–water partition coefficient (Wildman–Crippen LogP) is 5.64. The Morgan fingerprint density at radius 1 is 1.05 bits per heavy atom. The van der Waals surface area contributed by atoms with Gasteiger partial charge in [0.25, 0.3) is 0 Å². The summed E-state index contributed by atoms with van der Waals surface area (Å²) in [7, 11) is 0. The van der Waals surface area contributed by atoms with Crippen LogP contribution in [-0.2, 0) is 4.74 Å². The second-order valence-electron chi connectivity index (χ2n) is 12.2. The number of benzene rings is 1. The molecule has 1 aliphatic carbocycles. The van der Waals surface area contributed by atoms with Crippen molar-refractivity contribution >= 4 is 40.1 Å². The number of carbonyl (C=O) groups excluding carboxylic acids is 1. The zero-order chi connectivity index (χ0) is 30.6. The number of nitrogens with one attached hydrogen (secondary N) is 1. The molecule has 1 N–H and O–H groups in total. The topological polar surface area (TPSA) is 123 Å². The Balaban J connectivity index is 1.12. The van der Waals surface area contributed by atoms with Gasteiger partial charge in [0.1, 0.15) is 41.1 Å². The summed E-state index contributed by atoms with van der Waals surface area (Å²) in [6, 6.07) is 10.6. The molecule has 7 rings (SSSR count). The minimum atomic E-state index is -0.549. The van der Waals surface area contributed by atoms with E-state index in [4.69, 9.17) is 14.5 Å². The van der Waals surface area contributed by atoms with Crippen molar-refractivity contribution in [1.82, 2.24) is 34.4 Å². The molecule has 0 bridgehead atoms. The van der Waals surface area contributed by atoms with Gasteiger partial charge in [-0.25, -0.2) is 33.6 Å². The summed E-state index contributed by atoms with van der Waals surface area (Å²) in [5.41, 5.74) is 1.53. The van der Waals surface area contributed by atoms with Crippen LogP contribution in [0.15, 0.2) is 55.2 Å². The van der Waals surface area contributed by atoms with Crippen LogP contribution in [-0.4, -0.2) is 71.3 Å². The number of anilines is 3. The molecule has 12 nitrogen and oxygen atoms in total. The van der Waals surface area contributed by atoms with Gasteiger partial charge in [0.05, 0.1) is 16.7 Å². The number of hydrogen-bond donors (Lipinski definition) is 1. The Kier molecular flexibility index (Phi) is 6.48. The third-order valence-electron chi connectivity index (χ3n) is 7.95. The van der Waals surface area contributed by atoms with Gasteiger partial charge in [-0.1, -0.05) is 0 Å². The molecule has 0 atom stereocenters. The first-order valence-electron chi connectivity index (χ1n) is 14.5. The van der Waals surface area contributed by atoms with Crippen molar-refractivity contribution in [3.05, 3.63) is 66.6 Å². The fourth-order valence-corrected chi connectivity index (χ4v) is 5.53. The molecule has 5 heterocycles. The van der Waals surface area contributed by atoms with Crippen LogP contribution >= 0.6 is 0 Å².